The summed E-state index contributed by atoms with van der Waals surface area (Å²) >= 11 is 11.6. The molecule has 0 aliphatic carbocycles. The van der Waals surface area contributed by atoms with Crippen LogP contribution in [-0.4, -0.2) is 16.5 Å². The molecule has 2 aromatic heterocycles. The average molecular weight is 485 g/mol. The van der Waals surface area contributed by atoms with Crippen LogP contribution in [0.5, 0.6) is 0 Å². The molecule has 0 radical (unpaired) electrons. The van der Waals surface area contributed by atoms with E-state index in [0.717, 1.165) is 46.4 Å². The highest BCUT2D eigenvalue weighted by Crippen LogP contribution is 2.43. The van der Waals surface area contributed by atoms with Crippen molar-refractivity contribution in [2.24, 2.45) is 0 Å². The lowest BCUT2D eigenvalue weighted by atomic mass is 9.98. The molecule has 1 aliphatic heterocycles. The van der Waals surface area contributed by atoms with E-state index >= 15 is 0 Å². The summed E-state index contributed by atoms with van der Waals surface area (Å²) in [5.41, 5.74) is 5.22. The maximum absolute atomic E-state index is 6.37. The van der Waals surface area contributed by atoms with Crippen LogP contribution in [-0.2, 0) is 19.4 Å². The predicted octanol–water partition coefficient (Wildman–Crippen LogP) is 6.90. The molecule has 5 rings (SSSR count). The third-order valence-corrected chi connectivity index (χ3v) is 7.39. The molecule has 0 saturated heterocycles. The van der Waals surface area contributed by atoms with Crippen LogP contribution in [0.3, 0.4) is 0 Å². The molecule has 0 unspecified atom stereocenters. The number of hydrogen-bond donors (Lipinski definition) is 0. The maximum Gasteiger partial charge on any atom is 0.225 e. The lowest BCUT2D eigenvalue weighted by Gasteiger charge is -2.30. The minimum absolute atomic E-state index is 0.317. The van der Waals surface area contributed by atoms with Crippen LogP contribution in [0, 0.1) is 0 Å². The summed E-state index contributed by atoms with van der Waals surface area (Å²) < 4.78 is 1.07. The zero-order valence-electron chi connectivity index (χ0n) is 16.0. The van der Waals surface area contributed by atoms with Crippen molar-refractivity contribution in [3.05, 3.63) is 74.3 Å². The lowest BCUT2D eigenvalue weighted by Crippen LogP contribution is -2.31. The van der Waals surface area contributed by atoms with Crippen molar-refractivity contribution in [2.45, 2.75) is 26.3 Å². The van der Waals surface area contributed by atoms with Gasteiger partial charge in [-0.25, -0.2) is 4.98 Å². The van der Waals surface area contributed by atoms with Gasteiger partial charge in [0.25, 0.3) is 0 Å². The van der Waals surface area contributed by atoms with E-state index in [9.17, 15) is 0 Å². The molecule has 2 aromatic carbocycles. The van der Waals surface area contributed by atoms with Crippen LogP contribution >= 0.6 is 38.9 Å². The van der Waals surface area contributed by atoms with Gasteiger partial charge in [0.05, 0.1) is 5.39 Å². The van der Waals surface area contributed by atoms with Gasteiger partial charge < -0.3 is 4.90 Å². The first-order valence-corrected chi connectivity index (χ1v) is 11.7. The van der Waals surface area contributed by atoms with Crippen molar-refractivity contribution >= 4 is 54.9 Å². The van der Waals surface area contributed by atoms with Gasteiger partial charge in [-0.15, -0.1) is 11.3 Å². The van der Waals surface area contributed by atoms with Crippen molar-refractivity contribution < 1.29 is 0 Å². The van der Waals surface area contributed by atoms with Crippen LogP contribution < -0.4 is 4.90 Å². The van der Waals surface area contributed by atoms with E-state index in [1.165, 1.54) is 27.1 Å². The molecule has 0 spiro atoms. The van der Waals surface area contributed by atoms with Gasteiger partial charge >= 0.3 is 0 Å². The Kier molecular flexibility index (Phi) is 5.06. The molecule has 1 aliphatic rings. The molecule has 0 N–H and O–H groups in total. The molecule has 0 amide bonds. The molecule has 3 heterocycles. The summed E-state index contributed by atoms with van der Waals surface area (Å²) in [7, 11) is 0. The van der Waals surface area contributed by atoms with Gasteiger partial charge in [-0.05, 0) is 53.3 Å². The van der Waals surface area contributed by atoms with E-state index in [0.29, 0.717) is 5.28 Å². The number of anilines is 1. The third kappa shape index (κ3) is 3.45. The number of rotatable bonds is 3. The standard InChI is InChI=1S/C23H19BrClN3S/c1-2-18-19(15-7-9-17(24)10-8-15)20-21(26-23(25)27-22(20)29-18)28-12-11-14-5-3-4-6-16(14)13-28/h3-10H,2,11-13H2,1H3. The Balaban J connectivity index is 1.71. The second-order valence-electron chi connectivity index (χ2n) is 7.20. The van der Waals surface area contributed by atoms with E-state index in [4.69, 9.17) is 16.6 Å². The fourth-order valence-electron chi connectivity index (χ4n) is 4.08. The van der Waals surface area contributed by atoms with E-state index < -0.39 is 0 Å². The summed E-state index contributed by atoms with van der Waals surface area (Å²) in [5, 5.41) is 1.44. The molecule has 29 heavy (non-hydrogen) atoms. The van der Waals surface area contributed by atoms with Crippen LogP contribution in [0.4, 0.5) is 5.82 Å². The fourth-order valence-corrected chi connectivity index (χ4v) is 5.69. The van der Waals surface area contributed by atoms with Gasteiger partial charge in [-0.2, -0.15) is 4.98 Å². The summed E-state index contributed by atoms with van der Waals surface area (Å²) in [5.74, 6) is 0.948. The topological polar surface area (TPSA) is 29.0 Å². The number of aromatic nitrogens is 2. The Labute approximate surface area is 187 Å². The SMILES string of the molecule is CCc1sc2nc(Cl)nc(N3CCc4ccccc4C3)c2c1-c1ccc(Br)cc1. The fraction of sp³-hybridized carbons (Fsp3) is 0.217. The van der Waals surface area contributed by atoms with E-state index in [1.54, 1.807) is 11.3 Å². The van der Waals surface area contributed by atoms with E-state index in [-0.39, 0.29) is 0 Å². The highest BCUT2D eigenvalue weighted by Gasteiger charge is 2.25. The molecule has 0 bridgehead atoms. The molecule has 0 fully saturated rings. The number of benzene rings is 2. The van der Waals surface area contributed by atoms with Gasteiger partial charge in [0.2, 0.25) is 5.28 Å². The molecule has 0 saturated carbocycles. The van der Waals surface area contributed by atoms with Crippen LogP contribution in [0.15, 0.2) is 53.0 Å². The van der Waals surface area contributed by atoms with Gasteiger partial charge in [0.15, 0.2) is 0 Å². The highest BCUT2D eigenvalue weighted by atomic mass is 79.9. The predicted molar refractivity (Wildman–Crippen MR) is 126 cm³/mol. The quantitative estimate of drug-likeness (QED) is 0.296. The second kappa shape index (κ2) is 7.71. The van der Waals surface area contributed by atoms with Crippen LogP contribution in [0.1, 0.15) is 22.9 Å². The first-order valence-electron chi connectivity index (χ1n) is 9.70. The smallest absolute Gasteiger partial charge is 0.225 e. The molecule has 0 atom stereocenters. The second-order valence-corrected chi connectivity index (χ2v) is 9.53. The lowest BCUT2D eigenvalue weighted by molar-refractivity contribution is 0.723. The van der Waals surface area contributed by atoms with Gasteiger partial charge in [0, 0.05) is 28.0 Å². The number of aryl methyl sites for hydroxylation is 1. The van der Waals surface area contributed by atoms with Crippen molar-refractivity contribution in [2.75, 3.05) is 11.4 Å². The summed E-state index contributed by atoms with van der Waals surface area (Å²) in [6.07, 6.45) is 1.96. The Bertz CT molecular complexity index is 1200. The normalized spacial score (nSPS) is 13.7. The average Bonchev–Trinajstić information content (AvgIpc) is 3.11. The summed E-state index contributed by atoms with van der Waals surface area (Å²) in [6, 6.07) is 17.2. The molecular formula is C23H19BrClN3S. The number of thiophene rings is 1. The zero-order chi connectivity index (χ0) is 20.0. The number of nitrogens with zero attached hydrogens (tertiary/aromatic N) is 3. The Morgan fingerprint density at radius 1 is 1.07 bits per heavy atom. The van der Waals surface area contributed by atoms with Crippen LogP contribution in [0.2, 0.25) is 5.28 Å². The zero-order valence-corrected chi connectivity index (χ0v) is 19.1. The van der Waals surface area contributed by atoms with Crippen molar-refractivity contribution in [3.63, 3.8) is 0 Å². The monoisotopic (exact) mass is 483 g/mol. The molecule has 4 aromatic rings. The van der Waals surface area contributed by atoms with Crippen molar-refractivity contribution in [1.82, 2.24) is 9.97 Å². The minimum Gasteiger partial charge on any atom is -0.351 e. The summed E-state index contributed by atoms with van der Waals surface area (Å²) in [4.78, 5) is 13.9. The number of hydrogen-bond acceptors (Lipinski definition) is 4. The van der Waals surface area contributed by atoms with Crippen LogP contribution in [0.25, 0.3) is 21.3 Å². The Morgan fingerprint density at radius 3 is 2.59 bits per heavy atom. The van der Waals surface area contributed by atoms with Crippen molar-refractivity contribution in [1.29, 1.82) is 0 Å². The van der Waals surface area contributed by atoms with E-state index in [1.807, 2.05) is 0 Å². The molecular weight excluding hydrogens is 466 g/mol. The van der Waals surface area contributed by atoms with Gasteiger partial charge in [-0.3, -0.25) is 0 Å². The Hall–Kier alpha value is -1.95. The van der Waals surface area contributed by atoms with Gasteiger partial charge in [0.1, 0.15) is 10.6 Å². The third-order valence-electron chi connectivity index (χ3n) is 5.46. The Morgan fingerprint density at radius 2 is 1.83 bits per heavy atom. The highest BCUT2D eigenvalue weighted by molar-refractivity contribution is 9.10. The molecule has 146 valence electrons. The molecule has 3 nitrogen and oxygen atoms in total. The summed E-state index contributed by atoms with van der Waals surface area (Å²) in [6.45, 7) is 3.96. The minimum atomic E-state index is 0.317. The first-order chi connectivity index (χ1) is 14.1. The maximum atomic E-state index is 6.37. The van der Waals surface area contributed by atoms with Gasteiger partial charge in [-0.1, -0.05) is 59.3 Å². The molecule has 6 heteroatoms. The number of fused-ring (bicyclic) bond motifs is 2. The van der Waals surface area contributed by atoms with E-state index in [2.05, 4.69) is 81.3 Å². The van der Waals surface area contributed by atoms with Crippen molar-refractivity contribution in [3.8, 4) is 11.1 Å². The number of halogens is 2. The first kappa shape index (κ1) is 19.0. The largest absolute Gasteiger partial charge is 0.351 e.